The predicted molar refractivity (Wildman–Crippen MR) is 91.1 cm³/mol. The van der Waals surface area contributed by atoms with Crippen molar-refractivity contribution in [1.29, 1.82) is 0 Å². The van der Waals surface area contributed by atoms with Gasteiger partial charge in [0.15, 0.2) is 0 Å². The number of nitrogens with one attached hydrogen (secondary N) is 2. The summed E-state index contributed by atoms with van der Waals surface area (Å²) in [5.74, 6) is 0.540. The maximum absolute atomic E-state index is 12.0. The molecule has 126 valence electrons. The second-order valence-electron chi connectivity index (χ2n) is 6.54. The average Bonchev–Trinajstić information content (AvgIpc) is 2.87. The van der Waals surface area contributed by atoms with E-state index in [9.17, 15) is 9.90 Å². The van der Waals surface area contributed by atoms with Crippen LogP contribution in [0.2, 0.25) is 0 Å². The van der Waals surface area contributed by atoms with Crippen molar-refractivity contribution in [3.05, 3.63) is 16.1 Å². The highest BCUT2D eigenvalue weighted by Crippen LogP contribution is 2.20. The molecule has 1 rings (SSSR count). The van der Waals surface area contributed by atoms with Crippen molar-refractivity contribution < 1.29 is 9.90 Å². The van der Waals surface area contributed by atoms with Crippen molar-refractivity contribution >= 4 is 17.4 Å². The second kappa shape index (κ2) is 8.48. The van der Waals surface area contributed by atoms with Gasteiger partial charge in [0.25, 0.3) is 0 Å². The van der Waals surface area contributed by atoms with Crippen molar-refractivity contribution in [3.8, 4) is 0 Å². The number of hydrogen-bond donors (Lipinski definition) is 3. The molecule has 0 aliphatic carbocycles. The maximum Gasteiger partial charge on any atom is 0.315 e. The summed E-state index contributed by atoms with van der Waals surface area (Å²) in [6.45, 7) is 10.2. The third-order valence-electron chi connectivity index (χ3n) is 3.54. The molecule has 0 radical (unpaired) electrons. The Morgan fingerprint density at radius 3 is 2.68 bits per heavy atom. The minimum atomic E-state index is -0.874. The lowest BCUT2D eigenvalue weighted by molar-refractivity contribution is 0.0475. The minimum Gasteiger partial charge on any atom is -0.388 e. The van der Waals surface area contributed by atoms with Gasteiger partial charge >= 0.3 is 6.03 Å². The van der Waals surface area contributed by atoms with Gasteiger partial charge in [-0.3, -0.25) is 0 Å². The van der Waals surface area contributed by atoms with Gasteiger partial charge in [0.05, 0.1) is 11.6 Å². The van der Waals surface area contributed by atoms with Crippen LogP contribution < -0.4 is 10.6 Å². The molecule has 3 N–H and O–H groups in total. The van der Waals surface area contributed by atoms with Gasteiger partial charge in [-0.25, -0.2) is 9.78 Å². The summed E-state index contributed by atoms with van der Waals surface area (Å²) >= 11 is 1.56. The van der Waals surface area contributed by atoms with Crippen molar-refractivity contribution in [2.24, 2.45) is 5.92 Å². The molecule has 6 heteroatoms. The third-order valence-corrected chi connectivity index (χ3v) is 4.61. The van der Waals surface area contributed by atoms with Crippen LogP contribution in [0.4, 0.5) is 4.79 Å². The number of hydrogen-bond acceptors (Lipinski definition) is 4. The lowest BCUT2D eigenvalue weighted by Crippen LogP contribution is -2.45. The molecule has 5 nitrogen and oxygen atoms in total. The molecule has 1 heterocycles. The summed E-state index contributed by atoms with van der Waals surface area (Å²) in [7, 11) is 0. The van der Waals surface area contributed by atoms with Gasteiger partial charge in [-0.15, -0.1) is 11.3 Å². The standard InChI is InChI=1S/C16H29N3O2S/c1-6-13(14-18-12(4)9-22-14)19-15(20)17-10-16(5,21)8-7-11(2)3/h9,11,13,21H,6-8,10H2,1-5H3,(H2,17,19,20). The number of aliphatic hydroxyl groups is 1. The number of amides is 2. The predicted octanol–water partition coefficient (Wildman–Crippen LogP) is 3.39. The van der Waals surface area contributed by atoms with Gasteiger partial charge in [0.2, 0.25) is 0 Å². The molecule has 22 heavy (non-hydrogen) atoms. The van der Waals surface area contributed by atoms with E-state index in [-0.39, 0.29) is 18.6 Å². The van der Waals surface area contributed by atoms with Crippen molar-refractivity contribution in [2.45, 2.75) is 65.5 Å². The Morgan fingerprint density at radius 2 is 2.18 bits per heavy atom. The molecule has 0 fully saturated rings. The quantitative estimate of drug-likeness (QED) is 0.685. The molecule has 0 bridgehead atoms. The normalized spacial score (nSPS) is 15.4. The van der Waals surface area contributed by atoms with Crippen LogP contribution in [0.25, 0.3) is 0 Å². The van der Waals surface area contributed by atoms with Crippen LogP contribution in [0.1, 0.15) is 63.7 Å². The SMILES string of the molecule is CCC(NC(=O)NCC(C)(O)CCC(C)C)c1nc(C)cs1. The first kappa shape index (κ1) is 18.9. The number of urea groups is 1. The molecule has 2 amide bonds. The summed E-state index contributed by atoms with van der Waals surface area (Å²) < 4.78 is 0. The number of rotatable bonds is 8. The smallest absolute Gasteiger partial charge is 0.315 e. The summed E-state index contributed by atoms with van der Waals surface area (Å²) in [6.07, 6.45) is 2.39. The van der Waals surface area contributed by atoms with E-state index in [4.69, 9.17) is 0 Å². The highest BCUT2D eigenvalue weighted by molar-refractivity contribution is 7.09. The highest BCUT2D eigenvalue weighted by Gasteiger charge is 2.22. The molecule has 1 aromatic heterocycles. The van der Waals surface area contributed by atoms with Crippen LogP contribution in [0.3, 0.4) is 0 Å². The van der Waals surface area contributed by atoms with Crippen molar-refractivity contribution in [1.82, 2.24) is 15.6 Å². The van der Waals surface area contributed by atoms with E-state index in [0.717, 1.165) is 23.5 Å². The van der Waals surface area contributed by atoms with Crippen LogP contribution in [0.15, 0.2) is 5.38 Å². The fourth-order valence-corrected chi connectivity index (χ4v) is 2.97. The topological polar surface area (TPSA) is 74.2 Å². The molecule has 0 aromatic carbocycles. The lowest BCUT2D eigenvalue weighted by atomic mass is 9.95. The average molecular weight is 327 g/mol. The Labute approximate surface area is 137 Å². The molecule has 0 aliphatic rings. The molecule has 1 aromatic rings. The first-order chi connectivity index (χ1) is 10.2. The summed E-state index contributed by atoms with van der Waals surface area (Å²) in [6, 6.07) is -0.344. The van der Waals surface area contributed by atoms with Gasteiger partial charge in [0.1, 0.15) is 5.01 Å². The molecule has 0 spiro atoms. The Morgan fingerprint density at radius 1 is 1.50 bits per heavy atom. The Hall–Kier alpha value is -1.14. The van der Waals surface area contributed by atoms with Crippen LogP contribution >= 0.6 is 11.3 Å². The molecule has 0 saturated heterocycles. The van der Waals surface area contributed by atoms with Gasteiger partial charge in [-0.2, -0.15) is 0 Å². The monoisotopic (exact) mass is 327 g/mol. The number of aromatic nitrogens is 1. The fourth-order valence-electron chi connectivity index (χ4n) is 2.04. The molecule has 0 aliphatic heterocycles. The minimum absolute atomic E-state index is 0.0840. The molecule has 2 atom stereocenters. The van der Waals surface area contributed by atoms with E-state index < -0.39 is 5.60 Å². The van der Waals surface area contributed by atoms with E-state index in [1.165, 1.54) is 0 Å². The highest BCUT2D eigenvalue weighted by atomic mass is 32.1. The summed E-state index contributed by atoms with van der Waals surface area (Å²) in [5.41, 5.74) is 0.0958. The summed E-state index contributed by atoms with van der Waals surface area (Å²) in [4.78, 5) is 16.4. The number of thiazole rings is 1. The van der Waals surface area contributed by atoms with Crippen LogP contribution in [0, 0.1) is 12.8 Å². The number of carbonyl (C=O) groups is 1. The lowest BCUT2D eigenvalue weighted by Gasteiger charge is -2.25. The van der Waals surface area contributed by atoms with Crippen molar-refractivity contribution in [2.75, 3.05) is 6.54 Å². The molecule has 2 unspecified atom stereocenters. The maximum atomic E-state index is 12.0. The van der Waals surface area contributed by atoms with E-state index >= 15 is 0 Å². The van der Waals surface area contributed by atoms with Crippen molar-refractivity contribution in [3.63, 3.8) is 0 Å². The molecular formula is C16H29N3O2S. The van der Waals surface area contributed by atoms with E-state index in [1.54, 1.807) is 18.3 Å². The molecule has 0 saturated carbocycles. The van der Waals surface area contributed by atoms with Crippen LogP contribution in [-0.2, 0) is 0 Å². The van der Waals surface area contributed by atoms with Gasteiger partial charge in [-0.05, 0) is 39.0 Å². The zero-order valence-electron chi connectivity index (χ0n) is 14.3. The van der Waals surface area contributed by atoms with Crippen LogP contribution in [0.5, 0.6) is 0 Å². The first-order valence-corrected chi connectivity index (χ1v) is 8.80. The zero-order valence-corrected chi connectivity index (χ0v) is 15.1. The fraction of sp³-hybridized carbons (Fsp3) is 0.750. The van der Waals surface area contributed by atoms with Crippen LogP contribution in [-0.4, -0.2) is 28.3 Å². The zero-order chi connectivity index (χ0) is 16.8. The first-order valence-electron chi connectivity index (χ1n) is 7.92. The molecular weight excluding hydrogens is 298 g/mol. The summed E-state index contributed by atoms with van der Waals surface area (Å²) in [5, 5.41) is 18.9. The Balaban J connectivity index is 2.44. The second-order valence-corrected chi connectivity index (χ2v) is 7.43. The van der Waals surface area contributed by atoms with Gasteiger partial charge in [0, 0.05) is 17.6 Å². The largest absolute Gasteiger partial charge is 0.388 e. The number of nitrogens with zero attached hydrogens (tertiary/aromatic N) is 1. The van der Waals surface area contributed by atoms with E-state index in [1.807, 2.05) is 19.2 Å². The Bertz CT molecular complexity index is 472. The van der Waals surface area contributed by atoms with E-state index in [2.05, 4.69) is 29.5 Å². The van der Waals surface area contributed by atoms with E-state index in [0.29, 0.717) is 12.3 Å². The number of aryl methyl sites for hydroxylation is 1. The van der Waals surface area contributed by atoms with Gasteiger partial charge in [-0.1, -0.05) is 20.8 Å². The number of carbonyl (C=O) groups excluding carboxylic acids is 1. The Kier molecular flexibility index (Phi) is 7.29. The third kappa shape index (κ3) is 6.75. The van der Waals surface area contributed by atoms with Gasteiger partial charge < -0.3 is 15.7 Å².